The third kappa shape index (κ3) is 4.86. The van der Waals surface area contributed by atoms with Gasteiger partial charge in [0.05, 0.1) is 5.02 Å². The molecule has 0 aliphatic carbocycles. The van der Waals surface area contributed by atoms with E-state index in [9.17, 15) is 4.79 Å². The fourth-order valence-electron chi connectivity index (χ4n) is 2.83. The number of fused-ring (bicyclic) bond motifs is 1. The van der Waals surface area contributed by atoms with E-state index < -0.39 is 0 Å². The van der Waals surface area contributed by atoms with Crippen molar-refractivity contribution in [1.29, 1.82) is 0 Å². The Labute approximate surface area is 156 Å². The number of halogens is 2. The van der Waals surface area contributed by atoms with Gasteiger partial charge in [-0.05, 0) is 25.0 Å². The van der Waals surface area contributed by atoms with Crippen molar-refractivity contribution in [2.24, 2.45) is 0 Å². The molecule has 1 aromatic heterocycles. The molecule has 0 bridgehead atoms. The maximum Gasteiger partial charge on any atom is 0.257 e. The first-order valence-corrected chi connectivity index (χ1v) is 9.14. The number of aryl methyl sites for hydroxylation is 1. The molecule has 0 atom stereocenters. The summed E-state index contributed by atoms with van der Waals surface area (Å²) in [5, 5.41) is 12.3. The van der Waals surface area contributed by atoms with Crippen LogP contribution in [0.25, 0.3) is 0 Å². The van der Waals surface area contributed by atoms with Gasteiger partial charge in [0.1, 0.15) is 17.4 Å². The topological polar surface area (TPSA) is 69.0 Å². The lowest BCUT2D eigenvalue weighted by Gasteiger charge is -2.10. The first kappa shape index (κ1) is 18.0. The summed E-state index contributed by atoms with van der Waals surface area (Å²) in [6.45, 7) is 1.34. The monoisotopic (exact) mass is 382 g/mol. The average molecular weight is 383 g/mol. The third-order valence-corrected chi connectivity index (χ3v) is 4.66. The number of rotatable bonds is 6. The summed E-state index contributed by atoms with van der Waals surface area (Å²) in [5.41, 5.74) is 0. The number of aromatic nitrogens is 3. The van der Waals surface area contributed by atoms with Crippen molar-refractivity contribution >= 4 is 29.1 Å². The van der Waals surface area contributed by atoms with Crippen molar-refractivity contribution in [3.05, 3.63) is 39.9 Å². The lowest BCUT2D eigenvalue weighted by molar-refractivity contribution is -0.123. The normalized spacial score (nSPS) is 13.8. The molecule has 2 heterocycles. The van der Waals surface area contributed by atoms with E-state index in [1.165, 1.54) is 6.42 Å². The number of hydrogen-bond donors (Lipinski definition) is 1. The highest BCUT2D eigenvalue weighted by molar-refractivity contribution is 6.34. The first-order valence-electron chi connectivity index (χ1n) is 8.39. The quantitative estimate of drug-likeness (QED) is 0.833. The number of carbonyl (C=O) groups excluding carboxylic acids is 1. The molecule has 1 N–H and O–H groups in total. The molecule has 0 fully saturated rings. The van der Waals surface area contributed by atoms with Crippen LogP contribution in [-0.2, 0) is 24.2 Å². The zero-order chi connectivity index (χ0) is 17.6. The summed E-state index contributed by atoms with van der Waals surface area (Å²) in [7, 11) is 0. The van der Waals surface area contributed by atoms with Crippen LogP contribution in [0.15, 0.2) is 18.2 Å². The second-order valence-corrected chi connectivity index (χ2v) is 6.80. The molecule has 134 valence electrons. The summed E-state index contributed by atoms with van der Waals surface area (Å²) in [4.78, 5) is 11.9. The number of amides is 1. The van der Waals surface area contributed by atoms with Crippen LogP contribution in [-0.4, -0.2) is 33.8 Å². The Kier molecular flexibility index (Phi) is 6.15. The zero-order valence-corrected chi connectivity index (χ0v) is 15.3. The number of nitrogens with one attached hydrogen (secondary N) is 1. The minimum absolute atomic E-state index is 0.113. The molecule has 0 saturated heterocycles. The Morgan fingerprint density at radius 3 is 3.00 bits per heavy atom. The van der Waals surface area contributed by atoms with Crippen LogP contribution in [0, 0.1) is 0 Å². The van der Waals surface area contributed by atoms with Crippen molar-refractivity contribution in [1.82, 2.24) is 20.1 Å². The number of benzene rings is 1. The minimum Gasteiger partial charge on any atom is -0.482 e. The number of nitrogens with zero attached hydrogens (tertiary/aromatic N) is 3. The second-order valence-electron chi connectivity index (χ2n) is 5.96. The van der Waals surface area contributed by atoms with Crippen LogP contribution in [0.4, 0.5) is 0 Å². The van der Waals surface area contributed by atoms with Crippen LogP contribution in [0.3, 0.4) is 0 Å². The standard InChI is InChI=1S/C17H20Cl2N4O2/c18-12-5-6-13(19)14(10-12)25-11-17(24)20-8-7-16-22-21-15-4-2-1-3-9-23(15)16/h5-6,10H,1-4,7-9,11H2,(H,20,24). The first-order chi connectivity index (χ1) is 12.1. The highest BCUT2D eigenvalue weighted by Gasteiger charge is 2.14. The van der Waals surface area contributed by atoms with Gasteiger partial charge in [0.15, 0.2) is 6.61 Å². The van der Waals surface area contributed by atoms with Gasteiger partial charge in [-0.1, -0.05) is 29.6 Å². The minimum atomic E-state index is -0.216. The van der Waals surface area contributed by atoms with Crippen molar-refractivity contribution in [2.45, 2.75) is 38.6 Å². The number of carbonyl (C=O) groups is 1. The van der Waals surface area contributed by atoms with Gasteiger partial charge >= 0.3 is 0 Å². The SMILES string of the molecule is O=C(COc1cc(Cl)ccc1Cl)NCCc1nnc2n1CCCCC2. The largest absolute Gasteiger partial charge is 0.482 e. The Hall–Kier alpha value is -1.79. The molecule has 0 spiro atoms. The van der Waals surface area contributed by atoms with E-state index >= 15 is 0 Å². The Bertz CT molecular complexity index is 748. The van der Waals surface area contributed by atoms with Crippen LogP contribution in [0.1, 0.15) is 30.9 Å². The molecule has 0 saturated carbocycles. The van der Waals surface area contributed by atoms with Crippen LogP contribution < -0.4 is 10.1 Å². The number of ether oxygens (including phenoxy) is 1. The molecule has 1 aliphatic rings. The molecule has 6 nitrogen and oxygen atoms in total. The molecule has 3 rings (SSSR count). The molecular formula is C17H20Cl2N4O2. The number of hydrogen-bond acceptors (Lipinski definition) is 4. The van der Waals surface area contributed by atoms with Gasteiger partial charge < -0.3 is 14.6 Å². The predicted octanol–water partition coefficient (Wildman–Crippen LogP) is 3.05. The molecule has 8 heteroatoms. The van der Waals surface area contributed by atoms with Gasteiger partial charge in [0, 0.05) is 37.0 Å². The van der Waals surface area contributed by atoms with Crippen molar-refractivity contribution in [3.8, 4) is 5.75 Å². The highest BCUT2D eigenvalue weighted by atomic mass is 35.5. The van der Waals surface area contributed by atoms with Gasteiger partial charge in [-0.3, -0.25) is 4.79 Å². The summed E-state index contributed by atoms with van der Waals surface area (Å²) >= 11 is 11.9. The second kappa shape index (κ2) is 8.54. The smallest absolute Gasteiger partial charge is 0.257 e. The molecule has 25 heavy (non-hydrogen) atoms. The van der Waals surface area contributed by atoms with Gasteiger partial charge in [-0.2, -0.15) is 0 Å². The summed E-state index contributed by atoms with van der Waals surface area (Å²) in [5.74, 6) is 2.16. The molecule has 1 amide bonds. The van der Waals surface area contributed by atoms with Crippen molar-refractivity contribution in [3.63, 3.8) is 0 Å². The zero-order valence-electron chi connectivity index (χ0n) is 13.8. The Morgan fingerprint density at radius 1 is 1.24 bits per heavy atom. The van der Waals surface area contributed by atoms with Crippen LogP contribution in [0.2, 0.25) is 10.0 Å². The maximum atomic E-state index is 11.9. The van der Waals surface area contributed by atoms with E-state index in [1.54, 1.807) is 18.2 Å². The molecule has 2 aromatic rings. The van der Waals surface area contributed by atoms with Gasteiger partial charge in [-0.15, -0.1) is 10.2 Å². The van der Waals surface area contributed by atoms with Crippen molar-refractivity contribution < 1.29 is 9.53 Å². The van der Waals surface area contributed by atoms with E-state index in [0.717, 1.165) is 37.5 Å². The lowest BCUT2D eigenvalue weighted by Crippen LogP contribution is -2.31. The Balaban J connectivity index is 1.45. The highest BCUT2D eigenvalue weighted by Crippen LogP contribution is 2.27. The van der Waals surface area contributed by atoms with E-state index in [2.05, 4.69) is 20.1 Å². The van der Waals surface area contributed by atoms with E-state index in [1.807, 2.05) is 0 Å². The lowest BCUT2D eigenvalue weighted by atomic mass is 10.2. The van der Waals surface area contributed by atoms with Crippen molar-refractivity contribution in [2.75, 3.05) is 13.2 Å². The predicted molar refractivity (Wildman–Crippen MR) is 96.2 cm³/mol. The van der Waals surface area contributed by atoms with Crippen LogP contribution >= 0.6 is 23.2 Å². The van der Waals surface area contributed by atoms with Gasteiger partial charge in [0.25, 0.3) is 5.91 Å². The summed E-state index contributed by atoms with van der Waals surface area (Å²) in [6.07, 6.45) is 5.17. The molecule has 0 radical (unpaired) electrons. The molecule has 0 unspecified atom stereocenters. The molecule has 1 aromatic carbocycles. The van der Waals surface area contributed by atoms with E-state index in [0.29, 0.717) is 28.8 Å². The third-order valence-electron chi connectivity index (χ3n) is 4.11. The Morgan fingerprint density at radius 2 is 2.12 bits per heavy atom. The van der Waals surface area contributed by atoms with Crippen LogP contribution in [0.5, 0.6) is 5.75 Å². The van der Waals surface area contributed by atoms with E-state index in [4.69, 9.17) is 27.9 Å². The van der Waals surface area contributed by atoms with Gasteiger partial charge in [-0.25, -0.2) is 0 Å². The fourth-order valence-corrected chi connectivity index (χ4v) is 3.16. The summed E-state index contributed by atoms with van der Waals surface area (Å²) < 4.78 is 7.59. The average Bonchev–Trinajstić information content (AvgIpc) is 2.83. The van der Waals surface area contributed by atoms with Gasteiger partial charge in [0.2, 0.25) is 0 Å². The molecular weight excluding hydrogens is 363 g/mol. The van der Waals surface area contributed by atoms with E-state index in [-0.39, 0.29) is 12.5 Å². The maximum absolute atomic E-state index is 11.9. The molecule has 1 aliphatic heterocycles. The fraction of sp³-hybridized carbons (Fsp3) is 0.471. The summed E-state index contributed by atoms with van der Waals surface area (Å²) in [6, 6.07) is 4.88.